The zero-order chi connectivity index (χ0) is 10.3. The van der Waals surface area contributed by atoms with Gasteiger partial charge in [0.05, 0.1) is 6.10 Å². The first-order valence-corrected chi connectivity index (χ1v) is 5.89. The molecule has 0 radical (unpaired) electrons. The maximum Gasteiger partial charge on any atom is 0.0570 e. The number of hydrogen-bond donors (Lipinski definition) is 1. The molecule has 2 aliphatic rings. The third-order valence-electron chi connectivity index (χ3n) is 3.52. The molecule has 14 heavy (non-hydrogen) atoms. The molecule has 0 aromatic rings. The molecule has 2 nitrogen and oxygen atoms in total. The Morgan fingerprint density at radius 1 is 1.14 bits per heavy atom. The summed E-state index contributed by atoms with van der Waals surface area (Å²) in [5, 5.41) is 9.68. The van der Waals surface area contributed by atoms with E-state index in [-0.39, 0.29) is 6.10 Å². The minimum atomic E-state index is -0.0243. The van der Waals surface area contributed by atoms with Gasteiger partial charge in [-0.2, -0.15) is 0 Å². The summed E-state index contributed by atoms with van der Waals surface area (Å²) in [5.74, 6) is 0. The van der Waals surface area contributed by atoms with E-state index in [0.717, 1.165) is 12.8 Å². The Bertz CT molecular complexity index is 195. The van der Waals surface area contributed by atoms with Gasteiger partial charge in [-0.3, -0.25) is 4.90 Å². The van der Waals surface area contributed by atoms with Crippen LogP contribution in [0.15, 0.2) is 0 Å². The van der Waals surface area contributed by atoms with Gasteiger partial charge in [0.1, 0.15) is 0 Å². The van der Waals surface area contributed by atoms with Crippen molar-refractivity contribution < 1.29 is 5.11 Å². The predicted molar refractivity (Wildman–Crippen MR) is 58.2 cm³/mol. The third kappa shape index (κ3) is 2.12. The van der Waals surface area contributed by atoms with Gasteiger partial charge < -0.3 is 5.11 Å². The molecule has 0 aliphatic carbocycles. The van der Waals surface area contributed by atoms with Gasteiger partial charge in [0, 0.05) is 18.6 Å². The topological polar surface area (TPSA) is 23.5 Å². The van der Waals surface area contributed by atoms with Gasteiger partial charge in [0.15, 0.2) is 0 Å². The quantitative estimate of drug-likeness (QED) is 0.695. The molecule has 2 unspecified atom stereocenters. The number of fused-ring (bicyclic) bond motifs is 2. The average molecular weight is 197 g/mol. The van der Waals surface area contributed by atoms with Crippen LogP contribution in [0.1, 0.15) is 46.5 Å². The van der Waals surface area contributed by atoms with Gasteiger partial charge in [-0.05, 0) is 31.1 Å². The van der Waals surface area contributed by atoms with Crippen molar-refractivity contribution in [3.63, 3.8) is 0 Å². The van der Waals surface area contributed by atoms with Gasteiger partial charge in [-0.1, -0.05) is 20.8 Å². The highest BCUT2D eigenvalue weighted by Gasteiger charge is 2.41. The molecule has 2 heteroatoms. The number of rotatable bonds is 1. The van der Waals surface area contributed by atoms with Crippen molar-refractivity contribution in [3.05, 3.63) is 0 Å². The minimum absolute atomic E-state index is 0.0243. The fourth-order valence-electron chi connectivity index (χ4n) is 3.05. The Kier molecular flexibility index (Phi) is 2.61. The predicted octanol–water partition coefficient (Wildman–Crippen LogP) is 2.02. The standard InChI is InChI=1S/C12H23NO/c1-12(2,3)8-13-9-4-5-10(13)7-11(14)6-9/h9-11,14H,4-8H2,1-3H3. The second kappa shape index (κ2) is 3.49. The summed E-state index contributed by atoms with van der Waals surface area (Å²) in [6.07, 6.45) is 4.60. The summed E-state index contributed by atoms with van der Waals surface area (Å²) in [5.41, 5.74) is 0.392. The Morgan fingerprint density at radius 2 is 1.64 bits per heavy atom. The lowest BCUT2D eigenvalue weighted by molar-refractivity contribution is 0.0185. The normalized spacial score (nSPS) is 39.0. The molecule has 0 saturated carbocycles. The molecule has 1 N–H and O–H groups in total. The molecule has 0 spiro atoms. The van der Waals surface area contributed by atoms with Crippen LogP contribution in [-0.4, -0.2) is 34.7 Å². The summed E-state index contributed by atoms with van der Waals surface area (Å²) >= 11 is 0. The van der Waals surface area contributed by atoms with Gasteiger partial charge in [-0.15, -0.1) is 0 Å². The second-order valence-corrected chi connectivity index (χ2v) is 6.24. The number of nitrogens with zero attached hydrogens (tertiary/aromatic N) is 1. The van der Waals surface area contributed by atoms with Crippen molar-refractivity contribution in [1.29, 1.82) is 0 Å². The lowest BCUT2D eigenvalue weighted by Crippen LogP contribution is -2.47. The maximum atomic E-state index is 9.68. The molecule has 2 aliphatic heterocycles. The summed E-state index contributed by atoms with van der Waals surface area (Å²) < 4.78 is 0. The van der Waals surface area contributed by atoms with Gasteiger partial charge in [0.2, 0.25) is 0 Å². The Morgan fingerprint density at radius 3 is 2.07 bits per heavy atom. The fraction of sp³-hybridized carbons (Fsp3) is 1.00. The zero-order valence-electron chi connectivity index (χ0n) is 9.66. The number of piperidine rings is 1. The van der Waals surface area contributed by atoms with Gasteiger partial charge in [-0.25, -0.2) is 0 Å². The summed E-state index contributed by atoms with van der Waals surface area (Å²) in [4.78, 5) is 2.65. The van der Waals surface area contributed by atoms with Crippen LogP contribution in [0.5, 0.6) is 0 Å². The van der Waals surface area contributed by atoms with E-state index in [1.165, 1.54) is 19.4 Å². The Balaban J connectivity index is 2.01. The first-order valence-electron chi connectivity index (χ1n) is 5.89. The summed E-state index contributed by atoms with van der Waals surface area (Å²) in [7, 11) is 0. The smallest absolute Gasteiger partial charge is 0.0570 e. The minimum Gasteiger partial charge on any atom is -0.393 e. The lowest BCUT2D eigenvalue weighted by Gasteiger charge is -2.40. The third-order valence-corrected chi connectivity index (χ3v) is 3.52. The van der Waals surface area contributed by atoms with Crippen LogP contribution < -0.4 is 0 Å². The highest BCUT2D eigenvalue weighted by atomic mass is 16.3. The van der Waals surface area contributed by atoms with Crippen molar-refractivity contribution >= 4 is 0 Å². The Hall–Kier alpha value is -0.0800. The lowest BCUT2D eigenvalue weighted by atomic mass is 9.92. The average Bonchev–Trinajstić information content (AvgIpc) is 2.31. The number of aliphatic hydroxyl groups excluding tert-OH is 1. The SMILES string of the molecule is CC(C)(C)CN1C2CCC1CC(O)C2. The van der Waals surface area contributed by atoms with Crippen LogP contribution in [0.3, 0.4) is 0 Å². The molecule has 2 fully saturated rings. The largest absolute Gasteiger partial charge is 0.393 e. The van der Waals surface area contributed by atoms with Crippen LogP contribution in [0, 0.1) is 5.41 Å². The molecule has 2 saturated heterocycles. The highest BCUT2D eigenvalue weighted by Crippen LogP contribution is 2.37. The second-order valence-electron chi connectivity index (χ2n) is 6.24. The maximum absolute atomic E-state index is 9.68. The monoisotopic (exact) mass is 197 g/mol. The van der Waals surface area contributed by atoms with E-state index in [4.69, 9.17) is 0 Å². The van der Waals surface area contributed by atoms with Crippen LogP contribution in [0.2, 0.25) is 0 Å². The zero-order valence-corrected chi connectivity index (χ0v) is 9.66. The molecule has 2 bridgehead atoms. The van der Waals surface area contributed by atoms with Crippen LogP contribution in [0.25, 0.3) is 0 Å². The summed E-state index contributed by atoms with van der Waals surface area (Å²) in [6.45, 7) is 8.10. The van der Waals surface area contributed by atoms with Crippen LogP contribution >= 0.6 is 0 Å². The Labute approximate surface area is 87.3 Å². The number of aliphatic hydroxyl groups is 1. The van der Waals surface area contributed by atoms with Crippen molar-refractivity contribution in [2.75, 3.05) is 6.54 Å². The van der Waals surface area contributed by atoms with E-state index in [9.17, 15) is 5.11 Å². The molecule has 2 heterocycles. The molecular weight excluding hydrogens is 174 g/mol. The molecule has 2 atom stereocenters. The molecule has 0 aromatic heterocycles. The van der Waals surface area contributed by atoms with Crippen molar-refractivity contribution in [2.45, 2.75) is 64.6 Å². The first-order chi connectivity index (χ1) is 6.46. The molecular formula is C12H23NO. The van der Waals surface area contributed by atoms with Gasteiger partial charge >= 0.3 is 0 Å². The molecule has 2 rings (SSSR count). The molecule has 0 aromatic carbocycles. The van der Waals surface area contributed by atoms with E-state index in [0.29, 0.717) is 17.5 Å². The summed E-state index contributed by atoms with van der Waals surface area (Å²) in [6, 6.07) is 1.34. The van der Waals surface area contributed by atoms with E-state index >= 15 is 0 Å². The van der Waals surface area contributed by atoms with Crippen LogP contribution in [-0.2, 0) is 0 Å². The number of hydrogen-bond acceptors (Lipinski definition) is 2. The van der Waals surface area contributed by atoms with E-state index in [1.54, 1.807) is 0 Å². The van der Waals surface area contributed by atoms with E-state index in [2.05, 4.69) is 25.7 Å². The highest BCUT2D eigenvalue weighted by molar-refractivity contribution is 4.96. The van der Waals surface area contributed by atoms with Gasteiger partial charge in [0.25, 0.3) is 0 Å². The van der Waals surface area contributed by atoms with Crippen LogP contribution in [0.4, 0.5) is 0 Å². The van der Waals surface area contributed by atoms with E-state index < -0.39 is 0 Å². The molecule has 82 valence electrons. The fourth-order valence-corrected chi connectivity index (χ4v) is 3.05. The molecule has 0 amide bonds. The van der Waals surface area contributed by atoms with Crippen molar-refractivity contribution in [3.8, 4) is 0 Å². The van der Waals surface area contributed by atoms with Crippen molar-refractivity contribution in [1.82, 2.24) is 4.90 Å². The van der Waals surface area contributed by atoms with Crippen molar-refractivity contribution in [2.24, 2.45) is 5.41 Å². The first kappa shape index (κ1) is 10.4. The van der Waals surface area contributed by atoms with E-state index in [1.807, 2.05) is 0 Å².